The van der Waals surface area contributed by atoms with E-state index in [9.17, 15) is 34.8 Å². The summed E-state index contributed by atoms with van der Waals surface area (Å²) in [6.07, 6.45) is -3.81. The van der Waals surface area contributed by atoms with Crippen molar-refractivity contribution in [3.05, 3.63) is 35.3 Å². The molecule has 3 fully saturated rings. The Kier molecular flexibility index (Phi) is 6.04. The molecule has 208 valence electrons. The molecule has 10 nitrogen and oxygen atoms in total. The molecule has 9 atom stereocenters. The molecule has 0 radical (unpaired) electrons. The van der Waals surface area contributed by atoms with Crippen molar-refractivity contribution in [3.8, 4) is 0 Å². The second kappa shape index (κ2) is 8.48. The molecule has 2 bridgehead atoms. The summed E-state index contributed by atoms with van der Waals surface area (Å²) in [6.45, 7) is 7.55. The highest BCUT2D eigenvalue weighted by Gasteiger charge is 2.76. The van der Waals surface area contributed by atoms with Crippen LogP contribution in [0.25, 0.3) is 0 Å². The van der Waals surface area contributed by atoms with Crippen LogP contribution in [0.4, 0.5) is 0 Å². The fourth-order valence-corrected chi connectivity index (χ4v) is 8.02. The average molecular weight is 533 g/mol. The third-order valence-electron chi connectivity index (χ3n) is 10.2. The highest BCUT2D eigenvalue weighted by molar-refractivity contribution is 5.93. The Morgan fingerprint density at radius 1 is 1.16 bits per heavy atom. The van der Waals surface area contributed by atoms with E-state index in [1.165, 1.54) is 32.2 Å². The fraction of sp³-hybridized carbons (Fsp3) is 0.679. The van der Waals surface area contributed by atoms with Gasteiger partial charge in [0.25, 0.3) is 0 Å². The van der Waals surface area contributed by atoms with Crippen molar-refractivity contribution < 1.29 is 48.7 Å². The van der Waals surface area contributed by atoms with Crippen LogP contribution in [0, 0.1) is 22.7 Å². The van der Waals surface area contributed by atoms with Gasteiger partial charge in [-0.1, -0.05) is 13.8 Å². The number of hydrogen-bond acceptors (Lipinski definition) is 10. The zero-order chi connectivity index (χ0) is 28.0. The number of Topliss-reactive ketones (excluding diaryl/α,β-unsaturated/α-hetero) is 1. The third kappa shape index (κ3) is 3.30. The molecule has 38 heavy (non-hydrogen) atoms. The number of fused-ring (bicyclic) bond motifs is 5. The summed E-state index contributed by atoms with van der Waals surface area (Å²) in [5.41, 5.74) is -6.10. The average Bonchev–Trinajstić information content (AvgIpc) is 3.37. The number of esters is 2. The van der Waals surface area contributed by atoms with Crippen LogP contribution < -0.4 is 0 Å². The van der Waals surface area contributed by atoms with Crippen LogP contribution in [0.15, 0.2) is 34.0 Å². The minimum absolute atomic E-state index is 0.118. The first kappa shape index (κ1) is 27.1. The molecule has 1 heterocycles. The summed E-state index contributed by atoms with van der Waals surface area (Å²) in [7, 11) is 0. The van der Waals surface area contributed by atoms with Gasteiger partial charge in [-0.2, -0.15) is 0 Å². The number of aliphatic hydroxyl groups is 4. The van der Waals surface area contributed by atoms with Crippen LogP contribution in [0.1, 0.15) is 70.9 Å². The van der Waals surface area contributed by atoms with E-state index >= 15 is 0 Å². The van der Waals surface area contributed by atoms with Crippen LogP contribution >= 0.6 is 0 Å². The predicted molar refractivity (Wildman–Crippen MR) is 130 cm³/mol. The summed E-state index contributed by atoms with van der Waals surface area (Å²) < 4.78 is 17.2. The number of carbonyl (C=O) groups is 3. The largest absolute Gasteiger partial charge is 0.458 e. The molecule has 0 spiro atoms. The van der Waals surface area contributed by atoms with Gasteiger partial charge in [-0.05, 0) is 56.4 Å². The van der Waals surface area contributed by atoms with Gasteiger partial charge < -0.3 is 34.3 Å². The Morgan fingerprint density at radius 3 is 2.39 bits per heavy atom. The maximum absolute atomic E-state index is 14.3. The topological polar surface area (TPSA) is 164 Å². The van der Waals surface area contributed by atoms with Crippen molar-refractivity contribution >= 4 is 17.7 Å². The van der Waals surface area contributed by atoms with E-state index in [0.29, 0.717) is 18.4 Å². The van der Waals surface area contributed by atoms with Crippen molar-refractivity contribution in [1.29, 1.82) is 0 Å². The zero-order valence-electron chi connectivity index (χ0n) is 22.3. The van der Waals surface area contributed by atoms with Crippen molar-refractivity contribution in [3.63, 3.8) is 0 Å². The maximum atomic E-state index is 14.3. The molecule has 0 amide bonds. The normalized spacial score (nSPS) is 43.7. The first-order chi connectivity index (χ1) is 17.6. The Balaban J connectivity index is 1.82. The smallest absolute Gasteiger partial charge is 0.374 e. The Labute approximate surface area is 220 Å². The van der Waals surface area contributed by atoms with E-state index < -0.39 is 70.1 Å². The quantitative estimate of drug-likeness (QED) is 0.333. The van der Waals surface area contributed by atoms with Gasteiger partial charge in [0.15, 0.2) is 5.78 Å². The summed E-state index contributed by atoms with van der Waals surface area (Å²) in [4.78, 5) is 40.1. The van der Waals surface area contributed by atoms with E-state index in [-0.39, 0.29) is 30.1 Å². The van der Waals surface area contributed by atoms with Crippen LogP contribution in [0.5, 0.6) is 0 Å². The third-order valence-corrected chi connectivity index (χ3v) is 10.2. The highest BCUT2D eigenvalue weighted by Crippen LogP contribution is 2.67. The number of furan rings is 1. The van der Waals surface area contributed by atoms with Crippen molar-refractivity contribution in [2.24, 2.45) is 22.7 Å². The molecular formula is C28H36O10. The number of aliphatic hydroxyl groups excluding tert-OH is 3. The van der Waals surface area contributed by atoms with E-state index in [2.05, 4.69) is 0 Å². The predicted octanol–water partition coefficient (Wildman–Crippen LogP) is 1.69. The fourth-order valence-electron chi connectivity index (χ4n) is 8.02. The molecule has 10 heteroatoms. The molecule has 4 N–H and O–H groups in total. The molecule has 1 aromatic rings. The van der Waals surface area contributed by atoms with Crippen molar-refractivity contribution in [2.45, 2.75) is 95.9 Å². The Hall–Kier alpha value is -2.53. The van der Waals surface area contributed by atoms with Gasteiger partial charge in [0.05, 0.1) is 29.8 Å². The van der Waals surface area contributed by atoms with Gasteiger partial charge in [0, 0.05) is 24.7 Å². The second-order valence-corrected chi connectivity index (χ2v) is 12.2. The summed E-state index contributed by atoms with van der Waals surface area (Å²) in [5, 5.41) is 46.7. The van der Waals surface area contributed by atoms with Gasteiger partial charge in [-0.25, -0.2) is 4.79 Å². The van der Waals surface area contributed by atoms with Gasteiger partial charge in [-0.15, -0.1) is 0 Å². The minimum Gasteiger partial charge on any atom is -0.458 e. The standard InChI is InChI=1S/C28H36O10/c1-13-16(30)12-28(35)23(37-24(34)17-7-6-10-36-17)21-26(5,22(33)20(32)19(13)25(28,3)4)18(31)11-15-8-9-27(15,21)38-14(2)29/h6-7,10,15-16,18,20-21,23,30-32,35H,8-9,11-12H2,1-5H3/t15-,16+,18+,20-,21+,23+,26-,27+,28-/m1/s1. The first-order valence-electron chi connectivity index (χ1n) is 13.1. The van der Waals surface area contributed by atoms with Crippen molar-refractivity contribution in [2.75, 3.05) is 0 Å². The molecule has 1 aromatic heterocycles. The molecule has 0 aromatic carbocycles. The molecule has 5 rings (SSSR count). The zero-order valence-corrected chi connectivity index (χ0v) is 22.3. The van der Waals surface area contributed by atoms with Crippen LogP contribution in [0.2, 0.25) is 0 Å². The lowest BCUT2D eigenvalue weighted by molar-refractivity contribution is -0.296. The van der Waals surface area contributed by atoms with Gasteiger partial charge in [-0.3, -0.25) is 9.59 Å². The van der Waals surface area contributed by atoms with Crippen molar-refractivity contribution in [1.82, 2.24) is 0 Å². The summed E-state index contributed by atoms with van der Waals surface area (Å²) in [6, 6.07) is 2.89. The number of hydrogen-bond donors (Lipinski definition) is 4. The SMILES string of the molecule is CC(=O)O[C@@]12CC[C@@H]1C[C@H](O)[C@@]1(C)C(=O)[C@H](O)C3=C(C)[C@@H](O)C[C@@](O)([C@@H](OC(=O)c4ccco4)[C@H]21)C3(C)C. The monoisotopic (exact) mass is 532 g/mol. The molecular weight excluding hydrogens is 496 g/mol. The summed E-state index contributed by atoms with van der Waals surface area (Å²) in [5.74, 6) is -4.04. The summed E-state index contributed by atoms with van der Waals surface area (Å²) >= 11 is 0. The lowest BCUT2D eigenvalue weighted by Crippen LogP contribution is -2.78. The molecule has 4 aliphatic carbocycles. The van der Waals surface area contributed by atoms with E-state index in [0.717, 1.165) is 0 Å². The minimum atomic E-state index is -2.04. The molecule has 3 saturated carbocycles. The lowest BCUT2D eigenvalue weighted by atomic mass is 9.41. The first-order valence-corrected chi connectivity index (χ1v) is 13.1. The lowest BCUT2D eigenvalue weighted by Gasteiger charge is -2.68. The van der Waals surface area contributed by atoms with Gasteiger partial charge in [0.2, 0.25) is 5.76 Å². The number of carbonyl (C=O) groups excluding carboxylic acids is 3. The van der Waals surface area contributed by atoms with Crippen LogP contribution in [-0.2, 0) is 19.1 Å². The Bertz CT molecular complexity index is 1200. The molecule has 0 unspecified atom stereocenters. The maximum Gasteiger partial charge on any atom is 0.374 e. The number of ketones is 1. The van der Waals surface area contributed by atoms with Crippen LogP contribution in [-0.4, -0.2) is 73.8 Å². The highest BCUT2D eigenvalue weighted by atomic mass is 16.6. The van der Waals surface area contributed by atoms with Gasteiger partial charge >= 0.3 is 11.9 Å². The van der Waals surface area contributed by atoms with Crippen LogP contribution in [0.3, 0.4) is 0 Å². The number of rotatable bonds is 3. The number of ether oxygens (including phenoxy) is 2. The molecule has 0 aliphatic heterocycles. The second-order valence-electron chi connectivity index (χ2n) is 12.2. The Morgan fingerprint density at radius 2 is 1.84 bits per heavy atom. The molecule has 0 saturated heterocycles. The van der Waals surface area contributed by atoms with E-state index in [1.807, 2.05) is 0 Å². The van der Waals surface area contributed by atoms with E-state index in [1.54, 1.807) is 20.8 Å². The molecule has 4 aliphatic rings. The van der Waals surface area contributed by atoms with Gasteiger partial charge in [0.1, 0.15) is 23.4 Å². The van der Waals surface area contributed by atoms with E-state index in [4.69, 9.17) is 13.9 Å².